The lowest BCUT2D eigenvalue weighted by molar-refractivity contribution is 0.660. The van der Waals surface area contributed by atoms with Gasteiger partial charge in [-0.1, -0.05) is 135 Å². The molecule has 232 valence electrons. The highest BCUT2D eigenvalue weighted by Gasteiger charge is 2.37. The van der Waals surface area contributed by atoms with Crippen LogP contribution in [0.4, 0.5) is 17.1 Å². The number of hydrogen-bond acceptors (Lipinski definition) is 2. The Morgan fingerprint density at radius 2 is 1.14 bits per heavy atom. The van der Waals surface area contributed by atoms with E-state index in [-0.39, 0.29) is 5.41 Å². The molecular formula is C47H33NS. The average Bonchev–Trinajstić information content (AvgIpc) is 3.64. The molecule has 0 spiro atoms. The van der Waals surface area contributed by atoms with Crippen LogP contribution in [-0.2, 0) is 5.41 Å². The van der Waals surface area contributed by atoms with Crippen molar-refractivity contribution in [3.8, 4) is 22.3 Å². The van der Waals surface area contributed by atoms with E-state index >= 15 is 0 Å². The molecule has 10 rings (SSSR count). The summed E-state index contributed by atoms with van der Waals surface area (Å²) in [5.41, 5.74) is 11.2. The van der Waals surface area contributed by atoms with E-state index in [9.17, 15) is 0 Å². The van der Waals surface area contributed by atoms with Crippen LogP contribution in [0, 0.1) is 0 Å². The molecule has 2 heteroatoms. The van der Waals surface area contributed by atoms with E-state index in [0.29, 0.717) is 0 Å². The van der Waals surface area contributed by atoms with Crippen LogP contribution < -0.4 is 4.90 Å². The first-order valence-corrected chi connectivity index (χ1v) is 17.8. The number of anilines is 3. The Kier molecular flexibility index (Phi) is 6.16. The molecule has 0 amide bonds. The third-order valence-corrected chi connectivity index (χ3v) is 11.8. The summed E-state index contributed by atoms with van der Waals surface area (Å²) in [6.45, 7) is 4.72. The first kappa shape index (κ1) is 28.3. The number of nitrogens with zero attached hydrogens (tertiary/aromatic N) is 1. The summed E-state index contributed by atoms with van der Waals surface area (Å²) in [5.74, 6) is 0. The summed E-state index contributed by atoms with van der Waals surface area (Å²) in [6, 6.07) is 60.7. The molecule has 0 saturated heterocycles. The number of benzene rings is 8. The fourth-order valence-electron chi connectivity index (χ4n) is 8.31. The zero-order valence-electron chi connectivity index (χ0n) is 27.4. The van der Waals surface area contributed by atoms with Crippen molar-refractivity contribution in [3.63, 3.8) is 0 Å². The molecule has 0 radical (unpaired) electrons. The van der Waals surface area contributed by atoms with Gasteiger partial charge in [0.25, 0.3) is 0 Å². The van der Waals surface area contributed by atoms with E-state index in [1.807, 2.05) is 11.3 Å². The van der Waals surface area contributed by atoms with E-state index in [0.717, 1.165) is 11.4 Å². The summed E-state index contributed by atoms with van der Waals surface area (Å²) < 4.78 is 2.65. The molecule has 49 heavy (non-hydrogen) atoms. The monoisotopic (exact) mass is 643 g/mol. The fourth-order valence-corrected chi connectivity index (χ4v) is 9.43. The molecule has 0 saturated carbocycles. The van der Waals surface area contributed by atoms with Gasteiger partial charge in [-0.05, 0) is 91.8 Å². The van der Waals surface area contributed by atoms with Crippen LogP contribution >= 0.6 is 11.3 Å². The second-order valence-electron chi connectivity index (χ2n) is 13.7. The Morgan fingerprint density at radius 3 is 2.08 bits per heavy atom. The van der Waals surface area contributed by atoms with E-state index in [2.05, 4.69) is 183 Å². The maximum absolute atomic E-state index is 2.50. The molecule has 0 N–H and O–H groups in total. The molecule has 0 bridgehead atoms. The van der Waals surface area contributed by atoms with Gasteiger partial charge in [-0.15, -0.1) is 11.3 Å². The summed E-state index contributed by atoms with van der Waals surface area (Å²) >= 11 is 1.88. The van der Waals surface area contributed by atoms with Gasteiger partial charge in [0.1, 0.15) is 0 Å². The van der Waals surface area contributed by atoms with E-state index in [1.54, 1.807) is 0 Å². The molecule has 9 aromatic rings. The van der Waals surface area contributed by atoms with Crippen LogP contribution in [-0.4, -0.2) is 0 Å². The van der Waals surface area contributed by atoms with Gasteiger partial charge in [-0.3, -0.25) is 0 Å². The van der Waals surface area contributed by atoms with Crippen molar-refractivity contribution < 1.29 is 0 Å². The Labute approximate surface area is 290 Å². The largest absolute Gasteiger partial charge is 0.310 e. The zero-order valence-corrected chi connectivity index (χ0v) is 28.3. The normalized spacial score (nSPS) is 13.3. The number of thiophene rings is 1. The Bertz CT molecular complexity index is 2760. The quantitative estimate of drug-likeness (QED) is 0.184. The number of fused-ring (bicyclic) bond motifs is 9. The average molecular weight is 644 g/mol. The molecule has 1 nitrogen and oxygen atoms in total. The molecule has 0 unspecified atom stereocenters. The predicted molar refractivity (Wildman–Crippen MR) is 212 cm³/mol. The standard InChI is InChI=1S/C47H33NS/c1-47(2)40-20-7-5-17-37(40)46-41(47)21-11-22-42(46)48(33-15-9-14-32(28-33)36-19-10-13-30-12-3-4-16-35(30)36)34-26-24-31-25-27-44-45(39(31)29-34)38-18-6-8-23-43(38)49-44/h3-29H,1-2H3. The minimum absolute atomic E-state index is 0.0937. The third kappa shape index (κ3) is 4.24. The first-order valence-electron chi connectivity index (χ1n) is 17.0. The maximum Gasteiger partial charge on any atom is 0.0543 e. The van der Waals surface area contributed by atoms with Gasteiger partial charge in [0, 0.05) is 42.5 Å². The van der Waals surface area contributed by atoms with Crippen molar-refractivity contribution in [1.82, 2.24) is 0 Å². The SMILES string of the molecule is CC1(C)c2ccccc2-c2c(N(c3cccc(-c4cccc5ccccc45)c3)c3ccc4ccc5sc6ccccc6c5c4c3)cccc21. The highest BCUT2D eigenvalue weighted by Crippen LogP contribution is 2.54. The van der Waals surface area contributed by atoms with Gasteiger partial charge >= 0.3 is 0 Å². The highest BCUT2D eigenvalue weighted by atomic mass is 32.1. The van der Waals surface area contributed by atoms with Crippen LogP contribution in [0.3, 0.4) is 0 Å². The Balaban J connectivity index is 1.26. The first-order chi connectivity index (χ1) is 24.1. The molecule has 1 aromatic heterocycles. The zero-order chi connectivity index (χ0) is 32.7. The van der Waals surface area contributed by atoms with Crippen molar-refractivity contribution in [2.45, 2.75) is 19.3 Å². The molecular weight excluding hydrogens is 611 g/mol. The van der Waals surface area contributed by atoms with E-state index < -0.39 is 0 Å². The van der Waals surface area contributed by atoms with Crippen molar-refractivity contribution in [2.24, 2.45) is 0 Å². The molecule has 1 aliphatic rings. The second kappa shape index (κ2) is 10.7. The van der Waals surface area contributed by atoms with Crippen molar-refractivity contribution in [3.05, 3.63) is 175 Å². The smallest absolute Gasteiger partial charge is 0.0543 e. The Hall–Kier alpha value is -5.70. The molecule has 0 atom stereocenters. The molecule has 0 aliphatic heterocycles. The fraction of sp³-hybridized carbons (Fsp3) is 0.0638. The molecule has 0 fully saturated rings. The third-order valence-electron chi connectivity index (χ3n) is 10.6. The van der Waals surface area contributed by atoms with Crippen LogP contribution in [0.15, 0.2) is 164 Å². The molecule has 1 aliphatic carbocycles. The minimum Gasteiger partial charge on any atom is -0.310 e. The van der Waals surface area contributed by atoms with Gasteiger partial charge in [0.05, 0.1) is 5.69 Å². The Morgan fingerprint density at radius 1 is 0.469 bits per heavy atom. The summed E-state index contributed by atoms with van der Waals surface area (Å²) in [4.78, 5) is 2.50. The van der Waals surface area contributed by atoms with E-state index in [4.69, 9.17) is 0 Å². The van der Waals surface area contributed by atoms with Crippen molar-refractivity contribution in [1.29, 1.82) is 0 Å². The van der Waals surface area contributed by atoms with Crippen LogP contribution in [0.1, 0.15) is 25.0 Å². The van der Waals surface area contributed by atoms with E-state index in [1.165, 1.54) is 80.8 Å². The van der Waals surface area contributed by atoms with Crippen LogP contribution in [0.25, 0.3) is 64.0 Å². The minimum atomic E-state index is -0.0937. The summed E-state index contributed by atoms with van der Waals surface area (Å²) in [7, 11) is 0. The van der Waals surface area contributed by atoms with Gasteiger partial charge in [0.15, 0.2) is 0 Å². The van der Waals surface area contributed by atoms with Crippen molar-refractivity contribution in [2.75, 3.05) is 4.90 Å². The second-order valence-corrected chi connectivity index (χ2v) is 14.8. The lowest BCUT2D eigenvalue weighted by Crippen LogP contribution is -2.16. The topological polar surface area (TPSA) is 3.24 Å². The van der Waals surface area contributed by atoms with Gasteiger partial charge in [-0.2, -0.15) is 0 Å². The lowest BCUT2D eigenvalue weighted by atomic mass is 9.82. The summed E-state index contributed by atoms with van der Waals surface area (Å²) in [6.07, 6.45) is 0. The number of rotatable bonds is 4. The van der Waals surface area contributed by atoms with Crippen molar-refractivity contribution >= 4 is 70.1 Å². The van der Waals surface area contributed by atoms with Gasteiger partial charge in [0.2, 0.25) is 0 Å². The van der Waals surface area contributed by atoms with Crippen LogP contribution in [0.2, 0.25) is 0 Å². The number of hydrogen-bond donors (Lipinski definition) is 0. The maximum atomic E-state index is 2.50. The molecule has 1 heterocycles. The van der Waals surface area contributed by atoms with Gasteiger partial charge < -0.3 is 4.90 Å². The highest BCUT2D eigenvalue weighted by molar-refractivity contribution is 7.26. The predicted octanol–water partition coefficient (Wildman–Crippen LogP) is 13.8. The van der Waals surface area contributed by atoms with Gasteiger partial charge in [-0.25, -0.2) is 0 Å². The summed E-state index contributed by atoms with van der Waals surface area (Å²) in [5, 5.41) is 7.73. The van der Waals surface area contributed by atoms with Crippen LogP contribution in [0.5, 0.6) is 0 Å². The lowest BCUT2D eigenvalue weighted by Gasteiger charge is -2.29. The molecule has 8 aromatic carbocycles.